The van der Waals surface area contributed by atoms with Crippen LogP contribution in [0.15, 0.2) is 72.7 Å². The van der Waals surface area contributed by atoms with Crippen molar-refractivity contribution in [2.75, 3.05) is 6.54 Å². The molecule has 0 aliphatic rings. The monoisotopic (exact) mass is 365 g/mol. The molecule has 1 N–H and O–H groups in total. The third kappa shape index (κ3) is 4.82. The van der Waals surface area contributed by atoms with E-state index in [-0.39, 0.29) is 23.6 Å². The standard InChI is InChI=1S/C21H23N3O3/c1-5-6-8-19(15(2)3)23(14-16(4)25)21(27)18-10-9-17(13-20(18)26)24-12-7-11-22-24/h5-13,26H,2,14H2,1,3-4H3/b6-5-,19-8+. The third-order valence-electron chi connectivity index (χ3n) is 3.78. The summed E-state index contributed by atoms with van der Waals surface area (Å²) in [5.41, 5.74) is 1.87. The van der Waals surface area contributed by atoms with Gasteiger partial charge in [0.2, 0.25) is 0 Å². The number of benzene rings is 1. The van der Waals surface area contributed by atoms with E-state index in [1.807, 2.05) is 13.0 Å². The molecule has 0 saturated heterocycles. The Bertz CT molecular complexity index is 909. The highest BCUT2D eigenvalue weighted by Gasteiger charge is 2.24. The van der Waals surface area contributed by atoms with Crippen LogP contribution in [0.1, 0.15) is 31.1 Å². The summed E-state index contributed by atoms with van der Waals surface area (Å²) < 4.78 is 1.58. The van der Waals surface area contributed by atoms with Crippen molar-refractivity contribution >= 4 is 11.7 Å². The molecule has 0 spiro atoms. The largest absolute Gasteiger partial charge is 0.507 e. The maximum absolute atomic E-state index is 13.1. The van der Waals surface area contributed by atoms with Crippen molar-refractivity contribution < 1.29 is 14.7 Å². The molecule has 1 aromatic heterocycles. The number of allylic oxidation sites excluding steroid dienone is 4. The molecular formula is C21H23N3O3. The molecule has 0 aliphatic carbocycles. The molecule has 0 saturated carbocycles. The topological polar surface area (TPSA) is 75.4 Å². The second kappa shape index (κ2) is 8.80. The van der Waals surface area contributed by atoms with Gasteiger partial charge < -0.3 is 10.0 Å². The van der Waals surface area contributed by atoms with Gasteiger partial charge in [-0.2, -0.15) is 5.10 Å². The minimum atomic E-state index is -0.478. The van der Waals surface area contributed by atoms with Gasteiger partial charge in [-0.25, -0.2) is 4.68 Å². The van der Waals surface area contributed by atoms with Gasteiger partial charge in [0, 0.05) is 24.2 Å². The number of nitrogens with zero attached hydrogens (tertiary/aromatic N) is 3. The van der Waals surface area contributed by atoms with Gasteiger partial charge in [-0.05, 0) is 50.6 Å². The number of hydrogen-bond acceptors (Lipinski definition) is 4. The molecule has 0 unspecified atom stereocenters. The lowest BCUT2D eigenvalue weighted by Crippen LogP contribution is -2.34. The number of ketones is 1. The van der Waals surface area contributed by atoms with Gasteiger partial charge in [-0.15, -0.1) is 0 Å². The third-order valence-corrected chi connectivity index (χ3v) is 3.78. The molecule has 27 heavy (non-hydrogen) atoms. The van der Waals surface area contributed by atoms with Crippen molar-refractivity contribution in [3.8, 4) is 11.4 Å². The number of phenolic OH excluding ortho intramolecular Hbond substituents is 1. The van der Waals surface area contributed by atoms with E-state index >= 15 is 0 Å². The van der Waals surface area contributed by atoms with Crippen LogP contribution in [0.2, 0.25) is 0 Å². The number of hydrogen-bond donors (Lipinski definition) is 1. The van der Waals surface area contributed by atoms with Crippen LogP contribution in [0.5, 0.6) is 5.75 Å². The summed E-state index contributed by atoms with van der Waals surface area (Å²) in [5, 5.41) is 14.5. The maximum atomic E-state index is 13.1. The summed E-state index contributed by atoms with van der Waals surface area (Å²) >= 11 is 0. The Morgan fingerprint density at radius 3 is 2.59 bits per heavy atom. The fourth-order valence-electron chi connectivity index (χ4n) is 2.55. The molecule has 6 nitrogen and oxygen atoms in total. The van der Waals surface area contributed by atoms with E-state index in [0.717, 1.165) is 0 Å². The van der Waals surface area contributed by atoms with Crippen LogP contribution in [0, 0.1) is 0 Å². The van der Waals surface area contributed by atoms with Gasteiger partial charge >= 0.3 is 0 Å². The molecule has 0 bridgehead atoms. The molecule has 0 fully saturated rings. The lowest BCUT2D eigenvalue weighted by atomic mass is 10.1. The van der Waals surface area contributed by atoms with Crippen LogP contribution < -0.4 is 0 Å². The van der Waals surface area contributed by atoms with Gasteiger partial charge in [0.15, 0.2) is 0 Å². The summed E-state index contributed by atoms with van der Waals surface area (Å²) in [6.45, 7) is 8.81. The minimum Gasteiger partial charge on any atom is -0.507 e. The molecule has 0 radical (unpaired) electrons. The molecule has 1 aromatic carbocycles. The Hall–Kier alpha value is -3.41. The second-order valence-electron chi connectivity index (χ2n) is 6.10. The van der Waals surface area contributed by atoms with Gasteiger partial charge in [0.1, 0.15) is 11.5 Å². The van der Waals surface area contributed by atoms with Crippen molar-refractivity contribution in [2.45, 2.75) is 20.8 Å². The average molecular weight is 365 g/mol. The smallest absolute Gasteiger partial charge is 0.262 e. The normalized spacial score (nSPS) is 11.6. The second-order valence-corrected chi connectivity index (χ2v) is 6.10. The Labute approximate surface area is 158 Å². The van der Waals surface area contributed by atoms with Crippen LogP contribution in [0.3, 0.4) is 0 Å². The van der Waals surface area contributed by atoms with Crippen LogP contribution in [0.25, 0.3) is 5.69 Å². The Balaban J connectivity index is 2.46. The molecular weight excluding hydrogens is 342 g/mol. The molecule has 6 heteroatoms. The average Bonchev–Trinajstić information content (AvgIpc) is 3.14. The zero-order chi connectivity index (χ0) is 20.0. The van der Waals surface area contributed by atoms with Gasteiger partial charge in [-0.3, -0.25) is 9.59 Å². The SMILES string of the molecule is C=C(C)/C(=C\C=C/C)N(CC(C)=O)C(=O)c1ccc(-n2cccn2)cc1O. The number of carbonyl (C=O) groups is 2. The molecule has 1 amide bonds. The van der Waals surface area contributed by atoms with E-state index < -0.39 is 5.91 Å². The first-order valence-electron chi connectivity index (χ1n) is 8.48. The zero-order valence-electron chi connectivity index (χ0n) is 15.7. The lowest BCUT2D eigenvalue weighted by Gasteiger charge is -2.25. The fraction of sp³-hybridized carbons (Fsp3) is 0.190. The van der Waals surface area contributed by atoms with Crippen molar-refractivity contribution in [1.29, 1.82) is 0 Å². The highest BCUT2D eigenvalue weighted by Crippen LogP contribution is 2.25. The van der Waals surface area contributed by atoms with E-state index in [4.69, 9.17) is 0 Å². The predicted molar refractivity (Wildman–Crippen MR) is 105 cm³/mol. The van der Waals surface area contributed by atoms with Crippen molar-refractivity contribution in [3.05, 3.63) is 78.3 Å². The number of phenols is 1. The van der Waals surface area contributed by atoms with Crippen LogP contribution in [-0.4, -0.2) is 38.0 Å². The van der Waals surface area contributed by atoms with Crippen molar-refractivity contribution in [2.24, 2.45) is 0 Å². The van der Waals surface area contributed by atoms with Crippen molar-refractivity contribution in [3.63, 3.8) is 0 Å². The van der Waals surface area contributed by atoms with E-state index in [0.29, 0.717) is 17.0 Å². The molecule has 2 rings (SSSR count). The summed E-state index contributed by atoms with van der Waals surface area (Å²) in [6, 6.07) is 6.42. The minimum absolute atomic E-state index is 0.0970. The van der Waals surface area contributed by atoms with E-state index in [1.165, 1.54) is 24.0 Å². The van der Waals surface area contributed by atoms with Gasteiger partial charge in [0.25, 0.3) is 5.91 Å². The summed E-state index contributed by atoms with van der Waals surface area (Å²) in [6.07, 6.45) is 8.66. The number of aromatic hydroxyl groups is 1. The number of Topliss-reactive ketones (excluding diaryl/α,β-unsaturated/α-hetero) is 1. The first-order valence-corrected chi connectivity index (χ1v) is 8.48. The van der Waals surface area contributed by atoms with E-state index in [2.05, 4.69) is 11.7 Å². The Morgan fingerprint density at radius 1 is 1.33 bits per heavy atom. The first-order chi connectivity index (χ1) is 12.8. The predicted octanol–water partition coefficient (Wildman–Crippen LogP) is 3.65. The van der Waals surface area contributed by atoms with E-state index in [1.54, 1.807) is 48.3 Å². The quantitative estimate of drug-likeness (QED) is 0.760. The Morgan fingerprint density at radius 2 is 2.07 bits per heavy atom. The highest BCUT2D eigenvalue weighted by molar-refractivity contribution is 6.00. The molecule has 2 aromatic rings. The molecule has 140 valence electrons. The molecule has 1 heterocycles. The maximum Gasteiger partial charge on any atom is 0.262 e. The lowest BCUT2D eigenvalue weighted by molar-refractivity contribution is -0.117. The summed E-state index contributed by atoms with van der Waals surface area (Å²) in [7, 11) is 0. The number of aromatic nitrogens is 2. The van der Waals surface area contributed by atoms with Crippen molar-refractivity contribution in [1.82, 2.24) is 14.7 Å². The summed E-state index contributed by atoms with van der Waals surface area (Å²) in [5.74, 6) is -0.842. The fourth-order valence-corrected chi connectivity index (χ4v) is 2.55. The van der Waals surface area contributed by atoms with Gasteiger partial charge in [-0.1, -0.05) is 18.7 Å². The van der Waals surface area contributed by atoms with Gasteiger partial charge in [0.05, 0.1) is 17.8 Å². The number of amides is 1. The zero-order valence-corrected chi connectivity index (χ0v) is 15.7. The van der Waals surface area contributed by atoms with Crippen LogP contribution in [0.4, 0.5) is 0 Å². The molecule has 0 atom stereocenters. The first kappa shape index (κ1) is 19.9. The van der Waals surface area contributed by atoms with Crippen LogP contribution in [-0.2, 0) is 4.79 Å². The number of carbonyl (C=O) groups excluding carboxylic acids is 2. The molecule has 0 aliphatic heterocycles. The van der Waals surface area contributed by atoms with E-state index in [9.17, 15) is 14.7 Å². The highest BCUT2D eigenvalue weighted by atomic mass is 16.3. The number of rotatable bonds is 7. The van der Waals surface area contributed by atoms with Crippen LogP contribution >= 0.6 is 0 Å². The summed E-state index contributed by atoms with van der Waals surface area (Å²) in [4.78, 5) is 26.2. The Kier molecular flexibility index (Phi) is 6.49.